The minimum Gasteiger partial charge on any atom is -0.470 e. The second-order valence-electron chi connectivity index (χ2n) is 5.45. The van der Waals surface area contributed by atoms with Crippen molar-refractivity contribution in [2.75, 3.05) is 0 Å². The van der Waals surface area contributed by atoms with Gasteiger partial charge in [0.05, 0.1) is 11.8 Å². The number of halogens is 4. The van der Waals surface area contributed by atoms with Crippen LogP contribution in [0.4, 0.5) is 13.2 Å². The molecule has 0 bridgehead atoms. The normalized spacial score (nSPS) is 12.0. The predicted octanol–water partition coefficient (Wildman–Crippen LogP) is 3.97. The third kappa shape index (κ3) is 5.09. The van der Waals surface area contributed by atoms with E-state index in [-0.39, 0.29) is 17.5 Å². The molecular formula is C14H16ClF3N4O. The summed E-state index contributed by atoms with van der Waals surface area (Å²) in [6, 6.07) is 0.781. The molecule has 0 aliphatic carbocycles. The Bertz CT molecular complexity index is 658. The molecule has 0 unspecified atom stereocenters. The lowest BCUT2D eigenvalue weighted by molar-refractivity contribution is -0.137. The summed E-state index contributed by atoms with van der Waals surface area (Å²) in [5.74, 6) is 0.477. The van der Waals surface area contributed by atoms with E-state index in [0.29, 0.717) is 17.8 Å². The van der Waals surface area contributed by atoms with Gasteiger partial charge in [0.25, 0.3) is 0 Å². The fourth-order valence-electron chi connectivity index (χ4n) is 1.73. The van der Waals surface area contributed by atoms with E-state index in [2.05, 4.69) is 29.1 Å². The number of rotatable bonds is 6. The third-order valence-electron chi connectivity index (χ3n) is 3.01. The Morgan fingerprint density at radius 3 is 2.70 bits per heavy atom. The topological polar surface area (TPSA) is 52.8 Å². The lowest BCUT2D eigenvalue weighted by atomic mass is 10.1. The minimum atomic E-state index is -4.49. The van der Waals surface area contributed by atoms with Crippen molar-refractivity contribution in [3.05, 3.63) is 34.7 Å². The molecule has 23 heavy (non-hydrogen) atoms. The summed E-state index contributed by atoms with van der Waals surface area (Å²) < 4.78 is 44.6. The molecule has 0 fully saturated rings. The molecule has 126 valence electrons. The van der Waals surface area contributed by atoms with E-state index >= 15 is 0 Å². The van der Waals surface area contributed by atoms with Crippen molar-refractivity contribution in [3.8, 4) is 5.88 Å². The van der Waals surface area contributed by atoms with Crippen LogP contribution in [0.3, 0.4) is 0 Å². The molecule has 2 aromatic heterocycles. The van der Waals surface area contributed by atoms with E-state index in [4.69, 9.17) is 16.3 Å². The van der Waals surface area contributed by atoms with Gasteiger partial charge in [0, 0.05) is 12.7 Å². The lowest BCUT2D eigenvalue weighted by Crippen LogP contribution is -2.06. The van der Waals surface area contributed by atoms with Gasteiger partial charge in [-0.2, -0.15) is 13.2 Å². The molecule has 2 aromatic rings. The van der Waals surface area contributed by atoms with E-state index < -0.39 is 11.7 Å². The summed E-state index contributed by atoms with van der Waals surface area (Å²) in [6.07, 6.45) is -1.12. The molecule has 0 aromatic carbocycles. The van der Waals surface area contributed by atoms with Crippen LogP contribution in [0.5, 0.6) is 5.88 Å². The van der Waals surface area contributed by atoms with E-state index in [1.54, 1.807) is 10.9 Å². The molecule has 0 aliphatic heterocycles. The van der Waals surface area contributed by atoms with Gasteiger partial charge in [-0.25, -0.2) is 4.98 Å². The summed E-state index contributed by atoms with van der Waals surface area (Å²) in [6.45, 7) is 4.99. The van der Waals surface area contributed by atoms with Crippen LogP contribution >= 0.6 is 11.6 Å². The van der Waals surface area contributed by atoms with Gasteiger partial charge in [-0.1, -0.05) is 30.7 Å². The Morgan fingerprint density at radius 2 is 2.09 bits per heavy atom. The monoisotopic (exact) mass is 348 g/mol. The number of alkyl halides is 3. The Hall–Kier alpha value is -1.83. The average Bonchev–Trinajstić information content (AvgIpc) is 2.90. The van der Waals surface area contributed by atoms with Crippen molar-refractivity contribution in [2.24, 2.45) is 5.92 Å². The number of pyridine rings is 1. The summed E-state index contributed by atoms with van der Waals surface area (Å²) in [5, 5.41) is 7.68. The molecule has 9 heteroatoms. The molecule has 0 N–H and O–H groups in total. The van der Waals surface area contributed by atoms with Gasteiger partial charge in [-0.3, -0.25) is 4.68 Å². The van der Waals surface area contributed by atoms with Crippen molar-refractivity contribution in [2.45, 2.75) is 39.6 Å². The van der Waals surface area contributed by atoms with Crippen molar-refractivity contribution in [1.82, 2.24) is 20.0 Å². The second kappa shape index (κ2) is 7.16. The summed E-state index contributed by atoms with van der Waals surface area (Å²) in [7, 11) is 0. The van der Waals surface area contributed by atoms with Crippen LogP contribution in [0.25, 0.3) is 0 Å². The Kier molecular flexibility index (Phi) is 5.46. The molecule has 0 spiro atoms. The van der Waals surface area contributed by atoms with Crippen LogP contribution in [0.15, 0.2) is 18.5 Å². The van der Waals surface area contributed by atoms with Gasteiger partial charge in [0.1, 0.15) is 17.3 Å². The maximum atomic E-state index is 12.5. The zero-order valence-corrected chi connectivity index (χ0v) is 13.4. The molecule has 0 saturated carbocycles. The molecule has 0 atom stereocenters. The largest absolute Gasteiger partial charge is 0.470 e. The fraction of sp³-hybridized carbons (Fsp3) is 0.500. The van der Waals surface area contributed by atoms with Gasteiger partial charge in [-0.15, -0.1) is 5.10 Å². The second-order valence-corrected chi connectivity index (χ2v) is 5.86. The summed E-state index contributed by atoms with van der Waals surface area (Å²) in [5.41, 5.74) is -0.374. The molecule has 2 rings (SSSR count). The van der Waals surface area contributed by atoms with Gasteiger partial charge < -0.3 is 4.74 Å². The number of hydrogen-bond donors (Lipinski definition) is 0. The molecule has 0 aliphatic rings. The van der Waals surface area contributed by atoms with Gasteiger partial charge >= 0.3 is 6.18 Å². The maximum Gasteiger partial charge on any atom is 0.417 e. The van der Waals surface area contributed by atoms with Crippen LogP contribution in [-0.4, -0.2) is 20.0 Å². The number of ether oxygens (including phenoxy) is 1. The van der Waals surface area contributed by atoms with Crippen molar-refractivity contribution < 1.29 is 17.9 Å². The highest BCUT2D eigenvalue weighted by atomic mass is 35.5. The number of nitrogens with zero attached hydrogens (tertiary/aromatic N) is 4. The van der Waals surface area contributed by atoms with Crippen molar-refractivity contribution >= 4 is 11.6 Å². The molecule has 5 nitrogen and oxygen atoms in total. The van der Waals surface area contributed by atoms with Crippen LogP contribution in [0.1, 0.15) is 31.5 Å². The van der Waals surface area contributed by atoms with Gasteiger partial charge in [0.15, 0.2) is 0 Å². The maximum absolute atomic E-state index is 12.5. The zero-order valence-electron chi connectivity index (χ0n) is 12.6. The predicted molar refractivity (Wildman–Crippen MR) is 78.1 cm³/mol. The molecule has 2 heterocycles. The smallest absolute Gasteiger partial charge is 0.417 e. The first-order valence-corrected chi connectivity index (χ1v) is 7.38. The molecule has 0 saturated heterocycles. The first kappa shape index (κ1) is 17.5. The van der Waals surface area contributed by atoms with Crippen LogP contribution in [0, 0.1) is 5.92 Å². The quantitative estimate of drug-likeness (QED) is 0.792. The Balaban J connectivity index is 1.96. The molecular weight excluding hydrogens is 333 g/mol. The third-order valence-corrected chi connectivity index (χ3v) is 3.28. The summed E-state index contributed by atoms with van der Waals surface area (Å²) >= 11 is 5.76. The minimum absolute atomic E-state index is 0.0275. The van der Waals surface area contributed by atoms with E-state index in [9.17, 15) is 13.2 Å². The van der Waals surface area contributed by atoms with Crippen molar-refractivity contribution in [1.29, 1.82) is 0 Å². The van der Waals surface area contributed by atoms with Gasteiger partial charge in [-0.05, 0) is 18.4 Å². The van der Waals surface area contributed by atoms with Crippen LogP contribution in [-0.2, 0) is 19.3 Å². The van der Waals surface area contributed by atoms with E-state index in [0.717, 1.165) is 19.0 Å². The molecule has 0 radical (unpaired) electrons. The SMILES string of the molecule is CC(C)CCn1cc(COc2ncc(C(F)(F)F)cc2Cl)nn1. The lowest BCUT2D eigenvalue weighted by Gasteiger charge is -2.09. The van der Waals surface area contributed by atoms with E-state index in [1.165, 1.54) is 0 Å². The van der Waals surface area contributed by atoms with E-state index in [1.807, 2.05) is 0 Å². The molecule has 0 amide bonds. The highest BCUT2D eigenvalue weighted by Crippen LogP contribution is 2.33. The number of aryl methyl sites for hydroxylation is 1. The standard InChI is InChI=1S/C14H16ClF3N4O/c1-9(2)3-4-22-7-11(20-21-22)8-23-13-12(15)5-10(6-19-13)14(16,17)18/h5-7,9H,3-4,8H2,1-2H3. The highest BCUT2D eigenvalue weighted by molar-refractivity contribution is 6.31. The Morgan fingerprint density at radius 1 is 1.35 bits per heavy atom. The zero-order chi connectivity index (χ0) is 17.0. The average molecular weight is 349 g/mol. The van der Waals surface area contributed by atoms with Crippen LogP contribution in [0.2, 0.25) is 5.02 Å². The number of aromatic nitrogens is 4. The Labute approximate surface area is 136 Å². The van der Waals surface area contributed by atoms with Crippen molar-refractivity contribution in [3.63, 3.8) is 0 Å². The fourth-order valence-corrected chi connectivity index (χ4v) is 1.95. The van der Waals surface area contributed by atoms with Gasteiger partial charge in [0.2, 0.25) is 5.88 Å². The van der Waals surface area contributed by atoms with Crippen LogP contribution < -0.4 is 4.74 Å². The summed E-state index contributed by atoms with van der Waals surface area (Å²) in [4.78, 5) is 3.60. The number of hydrogen-bond acceptors (Lipinski definition) is 4. The first-order chi connectivity index (χ1) is 10.8. The first-order valence-electron chi connectivity index (χ1n) is 7.00. The highest BCUT2D eigenvalue weighted by Gasteiger charge is 2.31.